The minimum Gasteiger partial charge on any atom is -0.477 e. The highest BCUT2D eigenvalue weighted by Crippen LogP contribution is 2.41. The summed E-state index contributed by atoms with van der Waals surface area (Å²) in [6.07, 6.45) is 0.391. The molecule has 1 fully saturated rings. The molecule has 0 bridgehead atoms. The number of ether oxygens (including phenoxy) is 1. The fourth-order valence-electron chi connectivity index (χ4n) is 4.65. The van der Waals surface area contributed by atoms with Crippen LogP contribution in [0.3, 0.4) is 0 Å². The van der Waals surface area contributed by atoms with E-state index in [1.165, 1.54) is 45.7 Å². The second-order valence-corrected chi connectivity index (χ2v) is 14.5. The second kappa shape index (κ2) is 15.7. The number of nitrogens with one attached hydrogen (secondary N) is 3. The van der Waals surface area contributed by atoms with Crippen LogP contribution in [0.5, 0.6) is 0 Å². The van der Waals surface area contributed by atoms with Gasteiger partial charge in [-0.2, -0.15) is 0 Å². The Labute approximate surface area is 301 Å². The number of carboxylic acid groups (broad SMARTS) is 1. The Morgan fingerprint density at radius 1 is 1.22 bits per heavy atom. The van der Waals surface area contributed by atoms with Crippen LogP contribution in [0.1, 0.15) is 36.8 Å². The van der Waals surface area contributed by atoms with Gasteiger partial charge in [-0.1, -0.05) is 29.1 Å². The van der Waals surface area contributed by atoms with Crippen LogP contribution in [0.2, 0.25) is 0 Å². The zero-order valence-corrected chi connectivity index (χ0v) is 29.8. The van der Waals surface area contributed by atoms with Gasteiger partial charge >= 0.3 is 11.9 Å². The fourth-order valence-corrected chi connectivity index (χ4v) is 7.64. The summed E-state index contributed by atoms with van der Waals surface area (Å²) < 4.78 is 6.84. The van der Waals surface area contributed by atoms with E-state index < -0.39 is 59.0 Å². The number of carbonyl (C=O) groups excluding carboxylic acids is 5. The number of hydrogen-bond donors (Lipinski definition) is 4. The maximum atomic E-state index is 13.5. The summed E-state index contributed by atoms with van der Waals surface area (Å²) in [4.78, 5) is 86.0. The quantitative estimate of drug-likeness (QED) is 0.0449. The maximum absolute atomic E-state index is 13.5. The number of rotatable bonds is 14. The third kappa shape index (κ3) is 8.69. The molecule has 4 heterocycles. The molecule has 4 amide bonds. The average Bonchev–Trinajstić information content (AvgIpc) is 3.71. The number of esters is 1. The lowest BCUT2D eigenvalue weighted by Crippen LogP contribution is -2.71. The van der Waals surface area contributed by atoms with E-state index >= 15 is 0 Å². The lowest BCUT2D eigenvalue weighted by molar-refractivity contribution is -0.150. The summed E-state index contributed by atoms with van der Waals surface area (Å²) in [5, 5.41) is 33.7. The van der Waals surface area contributed by atoms with Gasteiger partial charge in [-0.25, -0.2) is 19.3 Å². The molecule has 0 spiro atoms. The molecule has 19 nitrogen and oxygen atoms in total. The molecule has 2 atom stereocenters. The summed E-state index contributed by atoms with van der Waals surface area (Å²) in [6, 6.07) is 5.08. The van der Waals surface area contributed by atoms with Gasteiger partial charge in [0.1, 0.15) is 28.4 Å². The summed E-state index contributed by atoms with van der Waals surface area (Å²) in [7, 11) is 1.64. The number of aryl methyl sites for hydroxylation is 1. The van der Waals surface area contributed by atoms with Crippen LogP contribution in [-0.4, -0.2) is 112 Å². The monoisotopic (exact) mass is 758 g/mol. The number of carbonyl (C=O) groups is 6. The van der Waals surface area contributed by atoms with E-state index in [4.69, 9.17) is 9.57 Å². The average molecular weight is 759 g/mol. The number of oxime groups is 1. The fraction of sp³-hybridized carbons (Fsp3) is 0.345. The highest BCUT2D eigenvalue weighted by Gasteiger charge is 2.54. The molecule has 1 saturated heterocycles. The van der Waals surface area contributed by atoms with Gasteiger partial charge in [-0.3, -0.25) is 24.1 Å². The molecular formula is C29H30N10O9S3. The first-order valence-corrected chi connectivity index (χ1v) is 17.7. The first kappa shape index (κ1) is 36.9. The first-order valence-electron chi connectivity index (χ1n) is 14.8. The van der Waals surface area contributed by atoms with Crippen LogP contribution in [0.4, 0.5) is 10.8 Å². The number of para-hydroxylation sites is 1. The van der Waals surface area contributed by atoms with Gasteiger partial charge in [-0.15, -0.1) is 28.2 Å². The van der Waals surface area contributed by atoms with Crippen molar-refractivity contribution in [1.82, 2.24) is 35.4 Å². The zero-order valence-electron chi connectivity index (χ0n) is 27.3. The van der Waals surface area contributed by atoms with Crippen molar-refractivity contribution in [3.63, 3.8) is 0 Å². The molecule has 0 saturated carbocycles. The topological polar surface area (TPSA) is 249 Å². The summed E-state index contributed by atoms with van der Waals surface area (Å²) in [6.45, 7) is 4.42. The molecule has 0 radical (unpaired) electrons. The minimum atomic E-state index is -1.30. The zero-order chi connectivity index (χ0) is 36.9. The lowest BCUT2D eigenvalue weighted by atomic mass is 10.0. The number of aromatic nitrogens is 5. The summed E-state index contributed by atoms with van der Waals surface area (Å²) in [5.74, 6) is -3.78. The normalized spacial score (nSPS) is 17.2. The molecule has 0 aliphatic carbocycles. The van der Waals surface area contributed by atoms with Crippen molar-refractivity contribution in [2.75, 3.05) is 28.7 Å². The van der Waals surface area contributed by atoms with E-state index in [0.717, 1.165) is 16.2 Å². The van der Waals surface area contributed by atoms with Gasteiger partial charge in [-0.05, 0) is 48.9 Å². The molecular weight excluding hydrogens is 729 g/mol. The molecule has 2 aliphatic heterocycles. The Morgan fingerprint density at radius 2 is 1.98 bits per heavy atom. The number of β-lactam (4-membered cyclic amide) rings is 1. The molecule has 2 aliphatic rings. The van der Waals surface area contributed by atoms with Gasteiger partial charge in [0, 0.05) is 23.9 Å². The number of aliphatic carboxylic acids is 1. The van der Waals surface area contributed by atoms with Crippen molar-refractivity contribution in [1.29, 1.82) is 0 Å². The third-order valence-electron chi connectivity index (χ3n) is 6.81. The van der Waals surface area contributed by atoms with E-state index in [1.807, 2.05) is 0 Å². The SMILES string of the molecule is Cn1nnnc1SCC1=C(C(=O)O)N2C(=O)C(NC(=O)C(=NOCC(=O)Nc3ccccc3C(=O)OC(C)(C)C)c3csc(NC=O)n3)[C@@H]2SC1. The van der Waals surface area contributed by atoms with Crippen molar-refractivity contribution >= 4 is 87.5 Å². The van der Waals surface area contributed by atoms with Gasteiger partial charge in [0.15, 0.2) is 17.5 Å². The summed E-state index contributed by atoms with van der Waals surface area (Å²) in [5.41, 5.74) is -0.676. The number of fused-ring (bicyclic) bond motifs is 1. The standard InChI is InChI=1S/C29H30N10O9S3/c1-29(2,3)48-26(46)15-7-5-6-8-16(15)31-18(41)9-47-35-19(17-12-50-27(32-17)30-13-40)22(42)33-20-23(43)39-21(25(44)45)14(10-49-24(20)39)11-51-28-34-36-37-38(28)4/h5-8,12-13,20,24H,9-11H2,1-4H3,(H,31,41)(H,33,42)(H,44,45)(H,30,32,40)/t20?,24-/m0/s1. The second-order valence-electron chi connectivity index (χ2n) is 11.6. The largest absolute Gasteiger partial charge is 0.477 e. The molecule has 268 valence electrons. The first-order chi connectivity index (χ1) is 24.3. The molecule has 4 N–H and O–H groups in total. The number of benzene rings is 1. The molecule has 1 unspecified atom stereocenters. The minimum absolute atomic E-state index is 0.0406. The number of hydrogen-bond acceptors (Lipinski definition) is 16. The number of nitrogens with zero attached hydrogens (tertiary/aromatic N) is 7. The van der Waals surface area contributed by atoms with Crippen molar-refractivity contribution in [3.8, 4) is 0 Å². The van der Waals surface area contributed by atoms with Gasteiger partial charge in [0.05, 0.1) is 11.3 Å². The number of carboxylic acids is 1. The maximum Gasteiger partial charge on any atom is 0.352 e. The Kier molecular flexibility index (Phi) is 11.4. The highest BCUT2D eigenvalue weighted by molar-refractivity contribution is 8.01. The smallest absolute Gasteiger partial charge is 0.352 e. The summed E-state index contributed by atoms with van der Waals surface area (Å²) >= 11 is 3.45. The van der Waals surface area contributed by atoms with E-state index in [-0.39, 0.29) is 39.3 Å². The van der Waals surface area contributed by atoms with Crippen LogP contribution in [0.25, 0.3) is 0 Å². The lowest BCUT2D eigenvalue weighted by Gasteiger charge is -2.49. The Morgan fingerprint density at radius 3 is 2.67 bits per heavy atom. The van der Waals surface area contributed by atoms with Crippen molar-refractivity contribution in [2.24, 2.45) is 12.2 Å². The molecule has 51 heavy (non-hydrogen) atoms. The van der Waals surface area contributed by atoms with Gasteiger partial charge < -0.3 is 30.6 Å². The Bertz CT molecular complexity index is 1940. The van der Waals surface area contributed by atoms with E-state index in [1.54, 1.807) is 40.0 Å². The number of anilines is 2. The van der Waals surface area contributed by atoms with Crippen LogP contribution >= 0.6 is 34.9 Å². The van der Waals surface area contributed by atoms with Crippen LogP contribution < -0.4 is 16.0 Å². The number of amides is 4. The van der Waals surface area contributed by atoms with Gasteiger partial charge in [0.2, 0.25) is 11.6 Å². The number of thiazole rings is 1. The van der Waals surface area contributed by atoms with Crippen LogP contribution in [-0.2, 0) is 40.6 Å². The van der Waals surface area contributed by atoms with E-state index in [9.17, 15) is 33.9 Å². The Balaban J connectivity index is 1.28. The molecule has 22 heteroatoms. The molecule has 3 aromatic rings. The predicted molar refractivity (Wildman–Crippen MR) is 184 cm³/mol. The highest BCUT2D eigenvalue weighted by atomic mass is 32.2. The number of tetrazole rings is 1. The van der Waals surface area contributed by atoms with E-state index in [0.29, 0.717) is 17.1 Å². The van der Waals surface area contributed by atoms with Crippen molar-refractivity contribution in [2.45, 2.75) is 42.9 Å². The van der Waals surface area contributed by atoms with E-state index in [2.05, 4.69) is 41.6 Å². The third-order valence-corrected chi connectivity index (χ3v) is 10.0. The van der Waals surface area contributed by atoms with Crippen LogP contribution in [0, 0.1) is 0 Å². The van der Waals surface area contributed by atoms with Crippen molar-refractivity contribution in [3.05, 3.63) is 52.2 Å². The molecule has 5 rings (SSSR count). The van der Waals surface area contributed by atoms with Crippen molar-refractivity contribution < 1.29 is 43.4 Å². The number of thioether (sulfide) groups is 2. The molecule has 1 aromatic carbocycles. The molecule has 2 aromatic heterocycles. The van der Waals surface area contributed by atoms with Crippen LogP contribution in [0.15, 0.2) is 51.2 Å². The Hall–Kier alpha value is -5.35. The predicted octanol–water partition coefficient (Wildman–Crippen LogP) is 1.08. The van der Waals surface area contributed by atoms with Gasteiger partial charge in [0.25, 0.3) is 17.7 Å².